The predicted molar refractivity (Wildman–Crippen MR) is 111 cm³/mol. The Labute approximate surface area is 173 Å². The standard InChI is InChI=1S/C20H35O8P/c1-2-3-4-16(13-15(5-7-17(21)22)6-8-18(23)24)14-29(11-9-19(25)26)12-10-20(27)28/h15-16H,2-14H2,1H3,(H,21,22)(H,23,24)(H,25,26)(H,27,28). The molecule has 0 aromatic carbocycles. The second-order valence-electron chi connectivity index (χ2n) is 7.56. The fourth-order valence-corrected chi connectivity index (χ4v) is 6.12. The average Bonchev–Trinajstić information content (AvgIpc) is 2.63. The van der Waals surface area contributed by atoms with Crippen molar-refractivity contribution in [3.8, 4) is 0 Å². The maximum absolute atomic E-state index is 11.0. The van der Waals surface area contributed by atoms with Gasteiger partial charge in [-0.25, -0.2) is 0 Å². The Balaban J connectivity index is 5.11. The average molecular weight is 434 g/mol. The van der Waals surface area contributed by atoms with Crippen LogP contribution in [-0.2, 0) is 19.2 Å². The highest BCUT2D eigenvalue weighted by Crippen LogP contribution is 2.42. The molecule has 0 fully saturated rings. The van der Waals surface area contributed by atoms with Crippen LogP contribution in [0.15, 0.2) is 0 Å². The van der Waals surface area contributed by atoms with Crippen molar-refractivity contribution in [2.75, 3.05) is 18.5 Å². The molecule has 168 valence electrons. The van der Waals surface area contributed by atoms with E-state index < -0.39 is 31.8 Å². The van der Waals surface area contributed by atoms with E-state index in [1.165, 1.54) is 0 Å². The summed E-state index contributed by atoms with van der Waals surface area (Å²) >= 11 is 0. The van der Waals surface area contributed by atoms with Crippen molar-refractivity contribution in [1.82, 2.24) is 0 Å². The number of hydrogen-bond donors (Lipinski definition) is 4. The lowest BCUT2D eigenvalue weighted by atomic mass is 9.86. The van der Waals surface area contributed by atoms with Crippen molar-refractivity contribution >= 4 is 31.8 Å². The van der Waals surface area contributed by atoms with Crippen LogP contribution in [0.5, 0.6) is 0 Å². The van der Waals surface area contributed by atoms with E-state index in [0.29, 0.717) is 31.6 Å². The van der Waals surface area contributed by atoms with Gasteiger partial charge in [-0.15, -0.1) is 7.92 Å². The number of aliphatic carboxylic acids is 4. The summed E-state index contributed by atoms with van der Waals surface area (Å²) in [7, 11) is -0.750. The lowest BCUT2D eigenvalue weighted by molar-refractivity contribution is -0.138. The quantitative estimate of drug-likeness (QED) is 0.223. The van der Waals surface area contributed by atoms with Gasteiger partial charge in [0.05, 0.1) is 0 Å². The molecule has 1 unspecified atom stereocenters. The molecule has 0 aromatic heterocycles. The highest BCUT2D eigenvalue weighted by Gasteiger charge is 2.22. The van der Waals surface area contributed by atoms with Gasteiger partial charge in [0.15, 0.2) is 0 Å². The molecule has 0 rings (SSSR count). The van der Waals surface area contributed by atoms with E-state index in [0.717, 1.165) is 25.4 Å². The van der Waals surface area contributed by atoms with Crippen molar-refractivity contribution in [3.63, 3.8) is 0 Å². The number of rotatable bonds is 19. The van der Waals surface area contributed by atoms with Crippen LogP contribution in [-0.4, -0.2) is 62.8 Å². The minimum absolute atomic E-state index is 0.00241. The Bertz CT molecular complexity index is 445. The molecule has 9 heteroatoms. The van der Waals surface area contributed by atoms with Gasteiger partial charge in [0.1, 0.15) is 0 Å². The van der Waals surface area contributed by atoms with Crippen LogP contribution in [0.4, 0.5) is 0 Å². The number of carbonyl (C=O) groups is 4. The lowest BCUT2D eigenvalue weighted by Crippen LogP contribution is -2.17. The predicted octanol–water partition coefficient (Wildman–Crippen LogP) is 3.96. The minimum Gasteiger partial charge on any atom is -0.481 e. The molecule has 0 amide bonds. The zero-order valence-corrected chi connectivity index (χ0v) is 18.1. The second kappa shape index (κ2) is 16.1. The number of carboxylic acids is 4. The molecule has 0 aliphatic carbocycles. The van der Waals surface area contributed by atoms with Gasteiger partial charge in [-0.2, -0.15) is 0 Å². The Morgan fingerprint density at radius 2 is 1.14 bits per heavy atom. The van der Waals surface area contributed by atoms with Gasteiger partial charge in [0, 0.05) is 25.7 Å². The van der Waals surface area contributed by atoms with Gasteiger partial charge in [0.25, 0.3) is 0 Å². The Morgan fingerprint density at radius 1 is 0.690 bits per heavy atom. The normalized spacial score (nSPS) is 12.2. The molecule has 8 nitrogen and oxygen atoms in total. The molecule has 0 aliphatic rings. The summed E-state index contributed by atoms with van der Waals surface area (Å²) in [5.74, 6) is -3.37. The fraction of sp³-hybridized carbons (Fsp3) is 0.800. The first-order chi connectivity index (χ1) is 13.6. The van der Waals surface area contributed by atoms with E-state index in [4.69, 9.17) is 20.4 Å². The van der Waals surface area contributed by atoms with Crippen LogP contribution in [0.2, 0.25) is 0 Å². The van der Waals surface area contributed by atoms with Crippen molar-refractivity contribution in [2.45, 2.75) is 71.1 Å². The van der Waals surface area contributed by atoms with Gasteiger partial charge in [-0.1, -0.05) is 26.2 Å². The first-order valence-corrected chi connectivity index (χ1v) is 12.1. The summed E-state index contributed by atoms with van der Waals surface area (Å²) in [5, 5.41) is 35.9. The summed E-state index contributed by atoms with van der Waals surface area (Å²) < 4.78 is 0. The molecule has 0 aliphatic heterocycles. The monoisotopic (exact) mass is 434 g/mol. The second-order valence-corrected chi connectivity index (χ2v) is 10.2. The third kappa shape index (κ3) is 16.9. The molecule has 0 saturated carbocycles. The van der Waals surface area contributed by atoms with Crippen molar-refractivity contribution < 1.29 is 39.6 Å². The van der Waals surface area contributed by atoms with Crippen molar-refractivity contribution in [3.05, 3.63) is 0 Å². The van der Waals surface area contributed by atoms with E-state index in [1.54, 1.807) is 0 Å². The Kier molecular flexibility index (Phi) is 15.2. The molecule has 0 spiro atoms. The maximum atomic E-state index is 11.0. The molecule has 0 bridgehead atoms. The van der Waals surface area contributed by atoms with Crippen LogP contribution < -0.4 is 0 Å². The lowest BCUT2D eigenvalue weighted by Gasteiger charge is -2.27. The van der Waals surface area contributed by atoms with Gasteiger partial charge in [-0.05, 0) is 49.6 Å². The first kappa shape index (κ1) is 27.3. The zero-order chi connectivity index (χ0) is 22.2. The Morgan fingerprint density at radius 3 is 1.52 bits per heavy atom. The zero-order valence-electron chi connectivity index (χ0n) is 17.2. The van der Waals surface area contributed by atoms with Crippen LogP contribution in [0.1, 0.15) is 71.1 Å². The van der Waals surface area contributed by atoms with E-state index in [9.17, 15) is 19.2 Å². The van der Waals surface area contributed by atoms with Crippen molar-refractivity contribution in [2.24, 2.45) is 11.8 Å². The summed E-state index contributed by atoms with van der Waals surface area (Å²) in [6.45, 7) is 2.07. The Hall–Kier alpha value is -1.69. The summed E-state index contributed by atoms with van der Waals surface area (Å²) in [5.41, 5.74) is 0. The smallest absolute Gasteiger partial charge is 0.303 e. The molecule has 4 N–H and O–H groups in total. The van der Waals surface area contributed by atoms with E-state index >= 15 is 0 Å². The maximum Gasteiger partial charge on any atom is 0.303 e. The third-order valence-electron chi connectivity index (χ3n) is 4.97. The van der Waals surface area contributed by atoms with Crippen LogP contribution in [0.25, 0.3) is 0 Å². The molecule has 0 radical (unpaired) electrons. The van der Waals surface area contributed by atoms with E-state index in [-0.39, 0.29) is 37.5 Å². The highest BCUT2D eigenvalue weighted by atomic mass is 31.1. The number of unbranched alkanes of at least 4 members (excludes halogenated alkanes) is 1. The van der Waals surface area contributed by atoms with Crippen molar-refractivity contribution in [1.29, 1.82) is 0 Å². The first-order valence-electron chi connectivity index (χ1n) is 10.2. The molecule has 0 heterocycles. The van der Waals surface area contributed by atoms with Gasteiger partial charge in [0.2, 0.25) is 0 Å². The third-order valence-corrected chi connectivity index (χ3v) is 7.71. The number of hydrogen-bond acceptors (Lipinski definition) is 4. The van der Waals surface area contributed by atoms with E-state index in [2.05, 4.69) is 6.92 Å². The molecular weight excluding hydrogens is 399 g/mol. The SMILES string of the molecule is CCCCC(CC(CCC(=O)O)CCC(=O)O)CP(CCC(=O)O)CCC(=O)O. The largest absolute Gasteiger partial charge is 0.481 e. The van der Waals surface area contributed by atoms with Gasteiger partial charge < -0.3 is 20.4 Å². The summed E-state index contributed by atoms with van der Waals surface area (Å²) in [6.07, 6.45) is 6.20. The fourth-order valence-electron chi connectivity index (χ4n) is 3.45. The molecule has 29 heavy (non-hydrogen) atoms. The van der Waals surface area contributed by atoms with Gasteiger partial charge >= 0.3 is 23.9 Å². The highest BCUT2D eigenvalue weighted by molar-refractivity contribution is 7.57. The molecular formula is C20H35O8P. The van der Waals surface area contributed by atoms with Crippen LogP contribution in [0, 0.1) is 11.8 Å². The van der Waals surface area contributed by atoms with E-state index in [1.807, 2.05) is 0 Å². The minimum atomic E-state index is -0.902. The van der Waals surface area contributed by atoms with Crippen LogP contribution >= 0.6 is 7.92 Å². The summed E-state index contributed by atoms with van der Waals surface area (Å²) in [4.78, 5) is 43.8. The molecule has 0 aromatic rings. The molecule has 1 atom stereocenters. The number of carboxylic acid groups (broad SMARTS) is 4. The molecule has 0 saturated heterocycles. The van der Waals surface area contributed by atoms with Crippen LogP contribution in [0.3, 0.4) is 0 Å². The topological polar surface area (TPSA) is 149 Å². The van der Waals surface area contributed by atoms with Gasteiger partial charge in [-0.3, -0.25) is 19.2 Å². The summed E-state index contributed by atoms with van der Waals surface area (Å²) in [6, 6.07) is 0.